The normalized spacial score (nSPS) is 11.8. The third-order valence-corrected chi connectivity index (χ3v) is 4.54. The molecule has 134 valence electrons. The summed E-state index contributed by atoms with van der Waals surface area (Å²) in [5.41, 5.74) is 1.65. The number of carbonyl (C=O) groups excluding carboxylic acids is 1. The summed E-state index contributed by atoms with van der Waals surface area (Å²) >= 11 is 3.46. The number of hydrogen-bond donors (Lipinski definition) is 2. The summed E-state index contributed by atoms with van der Waals surface area (Å²) in [4.78, 5) is 11.9. The second-order valence-corrected chi connectivity index (χ2v) is 6.54. The molecule has 0 heterocycles. The van der Waals surface area contributed by atoms with Gasteiger partial charge in [0, 0.05) is 12.6 Å². The highest BCUT2D eigenvalue weighted by molar-refractivity contribution is 9.10. The molecule has 25 heavy (non-hydrogen) atoms. The molecule has 0 aliphatic carbocycles. The lowest BCUT2D eigenvalue weighted by Crippen LogP contribution is -2.36. The van der Waals surface area contributed by atoms with E-state index in [9.17, 15) is 9.18 Å². The number of rotatable bonds is 8. The minimum atomic E-state index is -0.242. The fourth-order valence-electron chi connectivity index (χ4n) is 2.42. The number of ether oxygens (including phenoxy) is 1. The molecule has 2 aromatic carbocycles. The molecule has 0 aromatic heterocycles. The van der Waals surface area contributed by atoms with Crippen molar-refractivity contribution >= 4 is 21.8 Å². The van der Waals surface area contributed by atoms with E-state index < -0.39 is 0 Å². The highest BCUT2D eigenvalue weighted by Crippen LogP contribution is 2.27. The number of nitrogens with one attached hydrogen (secondary N) is 2. The Morgan fingerprint density at radius 2 is 2.04 bits per heavy atom. The van der Waals surface area contributed by atoms with Gasteiger partial charge in [0.25, 0.3) is 0 Å². The van der Waals surface area contributed by atoms with Crippen LogP contribution in [-0.4, -0.2) is 26.1 Å². The van der Waals surface area contributed by atoms with Gasteiger partial charge in [0.2, 0.25) is 5.91 Å². The van der Waals surface area contributed by atoms with Gasteiger partial charge in [-0.3, -0.25) is 4.79 Å². The fourth-order valence-corrected chi connectivity index (χ4v) is 2.97. The first-order valence-corrected chi connectivity index (χ1v) is 8.87. The molecule has 6 heteroatoms. The van der Waals surface area contributed by atoms with E-state index in [1.807, 2.05) is 25.1 Å². The third kappa shape index (κ3) is 5.83. The summed E-state index contributed by atoms with van der Waals surface area (Å²) in [5.74, 6) is 0.409. The number of amides is 1. The Hall–Kier alpha value is -1.92. The van der Waals surface area contributed by atoms with E-state index in [1.54, 1.807) is 25.3 Å². The topological polar surface area (TPSA) is 50.4 Å². The molecule has 2 N–H and O–H groups in total. The van der Waals surface area contributed by atoms with Crippen LogP contribution in [0.4, 0.5) is 4.39 Å². The maximum Gasteiger partial charge on any atom is 0.233 e. The van der Waals surface area contributed by atoms with Crippen LogP contribution in [0, 0.1) is 5.82 Å². The number of carbonyl (C=O) groups is 1. The van der Waals surface area contributed by atoms with E-state index in [-0.39, 0.29) is 24.3 Å². The lowest BCUT2D eigenvalue weighted by atomic mass is 10.1. The first-order valence-electron chi connectivity index (χ1n) is 8.08. The monoisotopic (exact) mass is 408 g/mol. The molecular formula is C19H22BrFN2O2. The predicted molar refractivity (Wildman–Crippen MR) is 100 cm³/mol. The van der Waals surface area contributed by atoms with Gasteiger partial charge in [-0.05, 0) is 58.6 Å². The predicted octanol–water partition coefficient (Wildman–Crippen LogP) is 3.61. The quantitative estimate of drug-likeness (QED) is 0.701. The molecule has 0 fully saturated rings. The zero-order chi connectivity index (χ0) is 18.2. The number of hydrogen-bond acceptors (Lipinski definition) is 3. The van der Waals surface area contributed by atoms with Crippen molar-refractivity contribution in [3.63, 3.8) is 0 Å². The van der Waals surface area contributed by atoms with Crippen molar-refractivity contribution in [2.75, 3.05) is 20.2 Å². The summed E-state index contributed by atoms with van der Waals surface area (Å²) in [6, 6.07) is 12.4. The maximum atomic E-state index is 13.5. The van der Waals surface area contributed by atoms with E-state index in [1.165, 1.54) is 6.07 Å². The summed E-state index contributed by atoms with van der Waals surface area (Å²) in [7, 11) is 1.62. The molecule has 0 unspecified atom stereocenters. The molecule has 0 spiro atoms. The molecule has 2 aromatic rings. The Bertz CT molecular complexity index is 724. The second-order valence-electron chi connectivity index (χ2n) is 5.69. The number of halogens is 2. The zero-order valence-electron chi connectivity index (χ0n) is 14.3. The molecule has 1 amide bonds. The summed E-state index contributed by atoms with van der Waals surface area (Å²) in [6.45, 7) is 2.59. The van der Waals surface area contributed by atoms with E-state index >= 15 is 0 Å². The van der Waals surface area contributed by atoms with E-state index in [2.05, 4.69) is 26.6 Å². The summed E-state index contributed by atoms with van der Waals surface area (Å²) in [5, 5.41) is 5.97. The Labute approximate surface area is 155 Å². The van der Waals surface area contributed by atoms with Gasteiger partial charge >= 0.3 is 0 Å². The van der Waals surface area contributed by atoms with Crippen molar-refractivity contribution in [3.8, 4) is 5.75 Å². The van der Waals surface area contributed by atoms with Gasteiger partial charge in [-0.1, -0.05) is 24.3 Å². The molecule has 0 aliphatic heterocycles. The summed E-state index contributed by atoms with van der Waals surface area (Å²) < 4.78 is 19.6. The van der Waals surface area contributed by atoms with Crippen LogP contribution in [0.3, 0.4) is 0 Å². The molecule has 0 radical (unpaired) electrons. The van der Waals surface area contributed by atoms with Gasteiger partial charge in [-0.15, -0.1) is 0 Å². The van der Waals surface area contributed by atoms with Crippen LogP contribution in [0.25, 0.3) is 0 Å². The van der Waals surface area contributed by atoms with E-state index in [0.717, 1.165) is 15.8 Å². The van der Waals surface area contributed by atoms with Gasteiger partial charge in [0.15, 0.2) is 0 Å². The number of methoxy groups -OCH3 is 1. The van der Waals surface area contributed by atoms with E-state index in [0.29, 0.717) is 18.5 Å². The van der Waals surface area contributed by atoms with Gasteiger partial charge in [-0.2, -0.15) is 0 Å². The van der Waals surface area contributed by atoms with Crippen molar-refractivity contribution in [1.29, 1.82) is 0 Å². The lowest BCUT2D eigenvalue weighted by molar-refractivity contribution is -0.120. The van der Waals surface area contributed by atoms with Crippen LogP contribution in [0.1, 0.15) is 24.1 Å². The fraction of sp³-hybridized carbons (Fsp3) is 0.316. The van der Waals surface area contributed by atoms with Crippen molar-refractivity contribution in [2.45, 2.75) is 19.4 Å². The van der Waals surface area contributed by atoms with Crippen LogP contribution in [0.5, 0.6) is 5.75 Å². The molecule has 2 rings (SSSR count). The molecule has 0 saturated carbocycles. The maximum absolute atomic E-state index is 13.5. The zero-order valence-corrected chi connectivity index (χ0v) is 15.9. The molecule has 4 nitrogen and oxygen atoms in total. The van der Waals surface area contributed by atoms with Crippen molar-refractivity contribution in [1.82, 2.24) is 10.6 Å². The Kier molecular flexibility index (Phi) is 7.40. The van der Waals surface area contributed by atoms with Crippen LogP contribution in [0.15, 0.2) is 46.9 Å². The van der Waals surface area contributed by atoms with Crippen LogP contribution >= 0.6 is 15.9 Å². The second kappa shape index (κ2) is 9.53. The average molecular weight is 409 g/mol. The molecule has 0 saturated heterocycles. The Morgan fingerprint density at radius 1 is 1.28 bits per heavy atom. The Balaban J connectivity index is 1.75. The van der Waals surface area contributed by atoms with Crippen molar-refractivity contribution in [3.05, 3.63) is 63.9 Å². The molecule has 0 aliphatic rings. The standard InChI is InChI=1S/C19H22BrFN2O2/c1-13(15-7-8-18(25-2)16(20)11-15)23-12-19(24)22-10-9-14-5-3-4-6-17(14)21/h3-8,11,13,23H,9-10,12H2,1-2H3,(H,22,24)/t13-/m1/s1. The van der Waals surface area contributed by atoms with Crippen LogP contribution in [0.2, 0.25) is 0 Å². The molecular weight excluding hydrogens is 387 g/mol. The lowest BCUT2D eigenvalue weighted by Gasteiger charge is -2.15. The van der Waals surface area contributed by atoms with Gasteiger partial charge in [-0.25, -0.2) is 4.39 Å². The summed E-state index contributed by atoms with van der Waals surface area (Å²) in [6.07, 6.45) is 0.472. The highest BCUT2D eigenvalue weighted by Gasteiger charge is 2.10. The van der Waals surface area contributed by atoms with Gasteiger partial charge in [0.05, 0.1) is 18.1 Å². The van der Waals surface area contributed by atoms with Crippen LogP contribution < -0.4 is 15.4 Å². The highest BCUT2D eigenvalue weighted by atomic mass is 79.9. The first kappa shape index (κ1) is 19.4. The SMILES string of the molecule is COc1ccc([C@@H](C)NCC(=O)NCCc2ccccc2F)cc1Br. The van der Waals surface area contributed by atoms with Gasteiger partial charge < -0.3 is 15.4 Å². The first-order chi connectivity index (χ1) is 12.0. The largest absolute Gasteiger partial charge is 0.496 e. The van der Waals surface area contributed by atoms with Crippen LogP contribution in [-0.2, 0) is 11.2 Å². The van der Waals surface area contributed by atoms with Crippen molar-refractivity contribution in [2.24, 2.45) is 0 Å². The minimum Gasteiger partial charge on any atom is -0.496 e. The third-order valence-electron chi connectivity index (χ3n) is 3.92. The minimum absolute atomic E-state index is 0.0134. The average Bonchev–Trinajstić information content (AvgIpc) is 2.61. The van der Waals surface area contributed by atoms with Gasteiger partial charge in [0.1, 0.15) is 11.6 Å². The Morgan fingerprint density at radius 3 is 2.72 bits per heavy atom. The van der Waals surface area contributed by atoms with Crippen molar-refractivity contribution < 1.29 is 13.9 Å². The number of benzene rings is 2. The molecule has 0 bridgehead atoms. The van der Waals surface area contributed by atoms with E-state index in [4.69, 9.17) is 4.74 Å². The smallest absolute Gasteiger partial charge is 0.233 e. The molecule has 1 atom stereocenters.